The van der Waals surface area contributed by atoms with Crippen molar-refractivity contribution in [1.82, 2.24) is 5.32 Å². The Morgan fingerprint density at radius 2 is 2.21 bits per heavy atom. The number of carbonyl (C=O) groups is 1. The van der Waals surface area contributed by atoms with E-state index in [0.29, 0.717) is 17.9 Å². The van der Waals surface area contributed by atoms with E-state index in [4.69, 9.17) is 9.84 Å². The predicted molar refractivity (Wildman–Crippen MR) is 72.3 cm³/mol. The Hall–Kier alpha value is -1.59. The standard InChI is InChI=1S/C14H21NO4/c1-3-7-19-12-6-4-5-11(8-12)13(17)15-9-14(2,18)10-16/h4-6,8,16,18H,3,7,9-10H2,1-2H3,(H,15,17). The van der Waals surface area contributed by atoms with Gasteiger partial charge < -0.3 is 20.3 Å². The zero-order chi connectivity index (χ0) is 14.3. The topological polar surface area (TPSA) is 78.8 Å². The molecule has 106 valence electrons. The maximum Gasteiger partial charge on any atom is 0.251 e. The summed E-state index contributed by atoms with van der Waals surface area (Å²) in [6, 6.07) is 6.85. The summed E-state index contributed by atoms with van der Waals surface area (Å²) in [4.78, 5) is 11.9. The Morgan fingerprint density at radius 3 is 2.84 bits per heavy atom. The number of hydrogen-bond donors (Lipinski definition) is 3. The molecule has 19 heavy (non-hydrogen) atoms. The molecule has 3 N–H and O–H groups in total. The average molecular weight is 267 g/mol. The van der Waals surface area contributed by atoms with E-state index < -0.39 is 12.2 Å². The molecule has 5 nitrogen and oxygen atoms in total. The van der Waals surface area contributed by atoms with Crippen molar-refractivity contribution in [2.24, 2.45) is 0 Å². The van der Waals surface area contributed by atoms with E-state index in [1.807, 2.05) is 6.92 Å². The first-order valence-electron chi connectivity index (χ1n) is 6.33. The van der Waals surface area contributed by atoms with Crippen LogP contribution in [0.3, 0.4) is 0 Å². The molecule has 0 spiro atoms. The molecule has 1 aromatic rings. The van der Waals surface area contributed by atoms with Crippen LogP contribution in [0.1, 0.15) is 30.6 Å². The lowest BCUT2D eigenvalue weighted by Gasteiger charge is -2.20. The fraction of sp³-hybridized carbons (Fsp3) is 0.500. The number of benzene rings is 1. The molecular formula is C14H21NO4. The van der Waals surface area contributed by atoms with Crippen LogP contribution in [-0.2, 0) is 0 Å². The number of amides is 1. The summed E-state index contributed by atoms with van der Waals surface area (Å²) >= 11 is 0. The van der Waals surface area contributed by atoms with E-state index in [1.165, 1.54) is 6.92 Å². The lowest BCUT2D eigenvalue weighted by molar-refractivity contribution is 0.00320. The van der Waals surface area contributed by atoms with Gasteiger partial charge in [-0.3, -0.25) is 4.79 Å². The molecule has 0 saturated carbocycles. The molecule has 0 heterocycles. The molecule has 1 aromatic carbocycles. The van der Waals surface area contributed by atoms with Crippen LogP contribution in [0.4, 0.5) is 0 Å². The molecular weight excluding hydrogens is 246 g/mol. The van der Waals surface area contributed by atoms with E-state index in [-0.39, 0.29) is 12.5 Å². The zero-order valence-electron chi connectivity index (χ0n) is 11.3. The van der Waals surface area contributed by atoms with Crippen LogP contribution in [0, 0.1) is 0 Å². The number of nitrogens with one attached hydrogen (secondary N) is 1. The minimum Gasteiger partial charge on any atom is -0.494 e. The lowest BCUT2D eigenvalue weighted by atomic mass is 10.1. The second-order valence-corrected chi connectivity index (χ2v) is 4.71. The molecule has 0 aromatic heterocycles. The number of ether oxygens (including phenoxy) is 1. The van der Waals surface area contributed by atoms with Gasteiger partial charge in [-0.2, -0.15) is 0 Å². The van der Waals surface area contributed by atoms with Crippen molar-refractivity contribution in [3.8, 4) is 5.75 Å². The lowest BCUT2D eigenvalue weighted by Crippen LogP contribution is -2.43. The quantitative estimate of drug-likeness (QED) is 0.687. The molecule has 0 radical (unpaired) electrons. The number of rotatable bonds is 7. The van der Waals surface area contributed by atoms with Crippen LogP contribution in [-0.4, -0.2) is 41.5 Å². The molecule has 1 unspecified atom stereocenters. The Kier molecular flexibility index (Phi) is 5.79. The Morgan fingerprint density at radius 1 is 1.47 bits per heavy atom. The van der Waals surface area contributed by atoms with Gasteiger partial charge in [-0.25, -0.2) is 0 Å². The van der Waals surface area contributed by atoms with E-state index in [1.54, 1.807) is 24.3 Å². The van der Waals surface area contributed by atoms with Gasteiger partial charge in [0, 0.05) is 12.1 Å². The number of aliphatic hydroxyl groups is 2. The van der Waals surface area contributed by atoms with Crippen LogP contribution in [0.15, 0.2) is 24.3 Å². The number of carbonyl (C=O) groups excluding carboxylic acids is 1. The van der Waals surface area contributed by atoms with E-state index in [9.17, 15) is 9.90 Å². The van der Waals surface area contributed by atoms with E-state index in [0.717, 1.165) is 6.42 Å². The summed E-state index contributed by atoms with van der Waals surface area (Å²) in [6.45, 7) is 3.64. The first kappa shape index (κ1) is 15.5. The third kappa shape index (κ3) is 5.28. The smallest absolute Gasteiger partial charge is 0.251 e. The SMILES string of the molecule is CCCOc1cccc(C(=O)NCC(C)(O)CO)c1. The van der Waals surface area contributed by atoms with Gasteiger partial charge >= 0.3 is 0 Å². The summed E-state index contributed by atoms with van der Waals surface area (Å²) in [5, 5.41) is 21.1. The van der Waals surface area contributed by atoms with Crippen molar-refractivity contribution < 1.29 is 19.7 Å². The van der Waals surface area contributed by atoms with Gasteiger partial charge in [0.25, 0.3) is 5.91 Å². The van der Waals surface area contributed by atoms with Crippen molar-refractivity contribution in [1.29, 1.82) is 0 Å². The van der Waals surface area contributed by atoms with Gasteiger partial charge in [0.05, 0.1) is 13.2 Å². The van der Waals surface area contributed by atoms with Crippen molar-refractivity contribution >= 4 is 5.91 Å². The first-order chi connectivity index (χ1) is 8.98. The van der Waals surface area contributed by atoms with Crippen LogP contribution in [0.2, 0.25) is 0 Å². The third-order valence-corrected chi connectivity index (χ3v) is 2.54. The van der Waals surface area contributed by atoms with Crippen LogP contribution in [0.25, 0.3) is 0 Å². The van der Waals surface area contributed by atoms with Crippen LogP contribution in [0.5, 0.6) is 5.75 Å². The molecule has 0 aliphatic heterocycles. The summed E-state index contributed by atoms with van der Waals surface area (Å²) in [6.07, 6.45) is 0.899. The fourth-order valence-electron chi connectivity index (χ4n) is 1.38. The predicted octanol–water partition coefficient (Wildman–Crippen LogP) is 0.949. The van der Waals surface area contributed by atoms with Crippen LogP contribution < -0.4 is 10.1 Å². The minimum absolute atomic E-state index is 0.0115. The highest BCUT2D eigenvalue weighted by Gasteiger charge is 2.20. The van der Waals surface area contributed by atoms with Gasteiger partial charge in [-0.1, -0.05) is 13.0 Å². The molecule has 0 aliphatic rings. The third-order valence-electron chi connectivity index (χ3n) is 2.54. The van der Waals surface area contributed by atoms with Crippen molar-refractivity contribution in [3.05, 3.63) is 29.8 Å². The van der Waals surface area contributed by atoms with Gasteiger partial charge in [0.2, 0.25) is 0 Å². The highest BCUT2D eigenvalue weighted by molar-refractivity contribution is 5.94. The van der Waals surface area contributed by atoms with Gasteiger partial charge in [-0.15, -0.1) is 0 Å². The Balaban J connectivity index is 2.61. The van der Waals surface area contributed by atoms with Crippen molar-refractivity contribution in [2.75, 3.05) is 19.8 Å². The van der Waals surface area contributed by atoms with Gasteiger partial charge in [0.15, 0.2) is 0 Å². The van der Waals surface area contributed by atoms with E-state index in [2.05, 4.69) is 5.32 Å². The maximum atomic E-state index is 11.9. The summed E-state index contributed by atoms with van der Waals surface area (Å²) in [5.41, 5.74) is -0.853. The largest absolute Gasteiger partial charge is 0.494 e. The number of hydrogen-bond acceptors (Lipinski definition) is 4. The molecule has 1 amide bonds. The van der Waals surface area contributed by atoms with Crippen LogP contribution >= 0.6 is 0 Å². The van der Waals surface area contributed by atoms with Gasteiger partial charge in [-0.05, 0) is 31.5 Å². The fourth-order valence-corrected chi connectivity index (χ4v) is 1.38. The summed E-state index contributed by atoms with van der Waals surface area (Å²) in [7, 11) is 0. The highest BCUT2D eigenvalue weighted by Crippen LogP contribution is 2.13. The molecule has 1 rings (SSSR count). The molecule has 0 aliphatic carbocycles. The zero-order valence-corrected chi connectivity index (χ0v) is 11.3. The summed E-state index contributed by atoms with van der Waals surface area (Å²) < 4.78 is 5.44. The summed E-state index contributed by atoms with van der Waals surface area (Å²) in [5.74, 6) is 0.332. The van der Waals surface area contributed by atoms with E-state index >= 15 is 0 Å². The highest BCUT2D eigenvalue weighted by atomic mass is 16.5. The Bertz CT molecular complexity index is 418. The second kappa shape index (κ2) is 7.11. The van der Waals surface area contributed by atoms with Crippen molar-refractivity contribution in [3.63, 3.8) is 0 Å². The molecule has 1 atom stereocenters. The van der Waals surface area contributed by atoms with Gasteiger partial charge in [0.1, 0.15) is 11.4 Å². The second-order valence-electron chi connectivity index (χ2n) is 4.71. The average Bonchev–Trinajstić information content (AvgIpc) is 2.43. The minimum atomic E-state index is -1.31. The maximum absolute atomic E-state index is 11.9. The Labute approximate surface area is 113 Å². The number of aliphatic hydroxyl groups excluding tert-OH is 1. The first-order valence-corrected chi connectivity index (χ1v) is 6.33. The van der Waals surface area contributed by atoms with Crippen molar-refractivity contribution in [2.45, 2.75) is 25.9 Å². The molecule has 0 fully saturated rings. The molecule has 0 saturated heterocycles. The molecule has 5 heteroatoms. The monoisotopic (exact) mass is 267 g/mol. The molecule has 0 bridgehead atoms. The normalized spacial score (nSPS) is 13.7.